The number of aryl methyl sites for hydroxylation is 4. The van der Waals surface area contributed by atoms with Gasteiger partial charge in [0, 0.05) is 24.1 Å². The van der Waals surface area contributed by atoms with Gasteiger partial charge < -0.3 is 19.8 Å². The van der Waals surface area contributed by atoms with Gasteiger partial charge in [0.15, 0.2) is 5.78 Å². The molecule has 9 nitrogen and oxygen atoms in total. The van der Waals surface area contributed by atoms with Crippen LogP contribution >= 0.6 is 11.6 Å². The van der Waals surface area contributed by atoms with Crippen molar-refractivity contribution < 1.29 is 27.9 Å². The van der Waals surface area contributed by atoms with E-state index in [1.54, 1.807) is 58.2 Å². The first kappa shape index (κ1) is 29.1. The summed E-state index contributed by atoms with van der Waals surface area (Å²) >= 11 is 6.79. The molecule has 4 aromatic rings. The quantitative estimate of drug-likeness (QED) is 0.299. The summed E-state index contributed by atoms with van der Waals surface area (Å²) in [5, 5.41) is 4.62. The minimum absolute atomic E-state index is 0.0131. The van der Waals surface area contributed by atoms with Gasteiger partial charge in [-0.3, -0.25) is 19.1 Å². The van der Waals surface area contributed by atoms with Gasteiger partial charge in [0.2, 0.25) is 5.91 Å². The van der Waals surface area contributed by atoms with Crippen LogP contribution < -0.4 is 10.5 Å². The largest absolute Gasteiger partial charge is 0.497 e. The van der Waals surface area contributed by atoms with E-state index in [2.05, 4.69) is 5.10 Å². The highest BCUT2D eigenvalue weighted by Gasteiger charge is 2.58. The van der Waals surface area contributed by atoms with Gasteiger partial charge in [-0.2, -0.15) is 5.10 Å². The molecule has 2 aromatic carbocycles. The molecule has 0 aliphatic carbocycles. The van der Waals surface area contributed by atoms with Crippen LogP contribution in [0.1, 0.15) is 61.0 Å². The third kappa shape index (κ3) is 4.85. The zero-order chi connectivity index (χ0) is 30.5. The number of likely N-dealkylation sites (tertiary alicyclic amines) is 1. The molecule has 3 heterocycles. The number of rotatable bonds is 7. The van der Waals surface area contributed by atoms with E-state index in [-0.39, 0.29) is 16.5 Å². The molecule has 0 radical (unpaired) electrons. The topological polar surface area (TPSA) is 121 Å². The third-order valence-electron chi connectivity index (χ3n) is 7.87. The van der Waals surface area contributed by atoms with Crippen LogP contribution in [-0.2, 0) is 11.8 Å². The monoisotopic (exact) mass is 592 g/mol. The van der Waals surface area contributed by atoms with E-state index in [0.717, 1.165) is 6.07 Å². The Hall–Kier alpha value is -4.44. The Morgan fingerprint density at radius 1 is 1.07 bits per heavy atom. The second-order valence-electron chi connectivity index (χ2n) is 10.4. The first-order chi connectivity index (χ1) is 19.9. The number of amides is 2. The second-order valence-corrected chi connectivity index (χ2v) is 10.8. The molecule has 1 saturated heterocycles. The number of methoxy groups -OCH3 is 1. The molecule has 0 bridgehead atoms. The molecule has 1 aliphatic heterocycles. The first-order valence-electron chi connectivity index (χ1n) is 13.3. The van der Waals surface area contributed by atoms with E-state index in [1.807, 2.05) is 0 Å². The second kappa shape index (κ2) is 11.1. The molecule has 218 valence electrons. The summed E-state index contributed by atoms with van der Waals surface area (Å²) in [7, 11) is 3.16. The van der Waals surface area contributed by atoms with Crippen LogP contribution in [0.5, 0.6) is 5.75 Å². The Bertz CT molecular complexity index is 1700. The summed E-state index contributed by atoms with van der Waals surface area (Å²) in [6.07, 6.45) is 0. The maximum atomic E-state index is 14.6. The van der Waals surface area contributed by atoms with Crippen molar-refractivity contribution in [2.75, 3.05) is 7.11 Å². The Kier molecular flexibility index (Phi) is 7.68. The molecular formula is C31H30ClFN4O5. The van der Waals surface area contributed by atoms with Gasteiger partial charge >= 0.3 is 0 Å². The zero-order valence-corrected chi connectivity index (χ0v) is 24.5. The van der Waals surface area contributed by atoms with E-state index in [1.165, 1.54) is 34.9 Å². The van der Waals surface area contributed by atoms with Gasteiger partial charge in [-0.25, -0.2) is 4.39 Å². The van der Waals surface area contributed by atoms with Crippen molar-refractivity contribution in [3.05, 3.63) is 105 Å². The smallest absolute Gasteiger partial charge is 0.255 e. The van der Waals surface area contributed by atoms with Gasteiger partial charge in [0.1, 0.15) is 34.3 Å². The minimum atomic E-state index is -1.31. The van der Waals surface area contributed by atoms with Crippen LogP contribution in [0.15, 0.2) is 59.0 Å². The van der Waals surface area contributed by atoms with E-state index in [0.29, 0.717) is 39.7 Å². The van der Waals surface area contributed by atoms with Gasteiger partial charge in [-0.05, 0) is 62.7 Å². The first-order valence-corrected chi connectivity index (χ1v) is 13.6. The number of aromatic nitrogens is 2. The predicted octanol–water partition coefficient (Wildman–Crippen LogP) is 5.07. The molecule has 5 rings (SSSR count). The summed E-state index contributed by atoms with van der Waals surface area (Å²) in [5.41, 5.74) is 7.78. The number of nitrogens with two attached hydrogens (primary N) is 1. The number of hydrogen-bond acceptors (Lipinski definition) is 6. The average Bonchev–Trinajstić information content (AvgIpc) is 3.57. The summed E-state index contributed by atoms with van der Waals surface area (Å²) in [6.45, 7) is 5.11. The van der Waals surface area contributed by atoms with Gasteiger partial charge in [-0.1, -0.05) is 29.8 Å². The standard InChI is InChI=1S/C31H30ClFN4O5/c1-15-13-22(17(3)42-15)28(38)25-24(18-9-11-21(41-5)12-10-18)27(30(34)39)37(31(40)19-7-6-8-20(33)14-19)26(25)23-16(2)35-36(4)29(23)32/h6-14,24-27H,1-5H3,(H2,34,39). The average molecular weight is 593 g/mol. The Labute approximate surface area is 247 Å². The number of Topliss-reactive ketones (excluding diaryl/α,β-unsaturated/α-hetero) is 1. The number of primary amides is 1. The number of carbonyl (C=O) groups excluding carboxylic acids is 3. The predicted molar refractivity (Wildman–Crippen MR) is 153 cm³/mol. The molecule has 4 unspecified atom stereocenters. The lowest BCUT2D eigenvalue weighted by atomic mass is 9.76. The van der Waals surface area contributed by atoms with Crippen LogP contribution in [0.2, 0.25) is 5.15 Å². The van der Waals surface area contributed by atoms with E-state index in [4.69, 9.17) is 26.5 Å². The van der Waals surface area contributed by atoms with Crippen molar-refractivity contribution in [3.8, 4) is 5.75 Å². The van der Waals surface area contributed by atoms with Crippen molar-refractivity contribution in [1.82, 2.24) is 14.7 Å². The number of ketones is 1. The molecule has 1 aliphatic rings. The maximum Gasteiger partial charge on any atom is 0.255 e. The molecule has 1 fully saturated rings. The van der Waals surface area contributed by atoms with E-state index in [9.17, 15) is 18.8 Å². The number of carbonyl (C=O) groups is 3. The zero-order valence-electron chi connectivity index (χ0n) is 23.7. The highest BCUT2D eigenvalue weighted by molar-refractivity contribution is 6.30. The SMILES string of the molecule is COc1ccc(C2C(C(=O)c3cc(C)oc3C)C(c3c(C)nn(C)c3Cl)N(C(=O)c3cccc(F)c3)C2C(N)=O)cc1. The van der Waals surface area contributed by atoms with Crippen LogP contribution in [0.4, 0.5) is 4.39 Å². The van der Waals surface area contributed by atoms with Crippen molar-refractivity contribution >= 4 is 29.2 Å². The lowest BCUT2D eigenvalue weighted by molar-refractivity contribution is -0.122. The molecule has 0 saturated carbocycles. The highest BCUT2D eigenvalue weighted by Crippen LogP contribution is 2.53. The Balaban J connectivity index is 1.83. The summed E-state index contributed by atoms with van der Waals surface area (Å²) in [4.78, 5) is 43.6. The highest BCUT2D eigenvalue weighted by atomic mass is 35.5. The maximum absolute atomic E-state index is 14.6. The molecule has 2 aromatic heterocycles. The lowest BCUT2D eigenvalue weighted by Crippen LogP contribution is -2.47. The normalized spacial score (nSPS) is 20.1. The van der Waals surface area contributed by atoms with Crippen LogP contribution in [-0.4, -0.2) is 45.4 Å². The van der Waals surface area contributed by atoms with Crippen molar-refractivity contribution in [2.45, 2.75) is 38.8 Å². The number of halogens is 2. The number of ether oxygens (including phenoxy) is 1. The number of furan rings is 1. The molecule has 4 atom stereocenters. The Morgan fingerprint density at radius 3 is 2.29 bits per heavy atom. The fourth-order valence-electron chi connectivity index (χ4n) is 6.13. The van der Waals surface area contributed by atoms with Gasteiger partial charge in [0.05, 0.1) is 30.3 Å². The Morgan fingerprint density at radius 2 is 1.76 bits per heavy atom. The minimum Gasteiger partial charge on any atom is -0.497 e. The molecule has 11 heteroatoms. The number of benzene rings is 2. The van der Waals surface area contributed by atoms with E-state index < -0.39 is 41.6 Å². The lowest BCUT2D eigenvalue weighted by Gasteiger charge is -2.31. The summed E-state index contributed by atoms with van der Waals surface area (Å²) < 4.78 is 26.8. The van der Waals surface area contributed by atoms with Crippen molar-refractivity contribution in [2.24, 2.45) is 18.7 Å². The fraction of sp³-hybridized carbons (Fsp3) is 0.290. The van der Waals surface area contributed by atoms with Crippen LogP contribution in [0.3, 0.4) is 0 Å². The van der Waals surface area contributed by atoms with Crippen LogP contribution in [0.25, 0.3) is 0 Å². The van der Waals surface area contributed by atoms with Crippen LogP contribution in [0, 0.1) is 32.5 Å². The molecule has 2 amide bonds. The molecule has 2 N–H and O–H groups in total. The summed E-state index contributed by atoms with van der Waals surface area (Å²) in [6, 6.07) is 11.2. The third-order valence-corrected chi connectivity index (χ3v) is 8.31. The fourth-order valence-corrected chi connectivity index (χ4v) is 6.41. The molecular weight excluding hydrogens is 563 g/mol. The van der Waals surface area contributed by atoms with E-state index >= 15 is 0 Å². The summed E-state index contributed by atoms with van der Waals surface area (Å²) in [5.74, 6) is -2.99. The van der Waals surface area contributed by atoms with Crippen molar-refractivity contribution in [1.29, 1.82) is 0 Å². The van der Waals surface area contributed by atoms with Gasteiger partial charge in [-0.15, -0.1) is 0 Å². The molecule has 42 heavy (non-hydrogen) atoms. The molecule has 0 spiro atoms. The van der Waals surface area contributed by atoms with Crippen molar-refractivity contribution in [3.63, 3.8) is 0 Å². The number of nitrogens with zero attached hydrogens (tertiary/aromatic N) is 3. The number of hydrogen-bond donors (Lipinski definition) is 1. The van der Waals surface area contributed by atoms with Gasteiger partial charge in [0.25, 0.3) is 5.91 Å².